The average Bonchev–Trinajstić information content (AvgIpc) is 2.61. The number of aromatic amines is 1. The van der Waals surface area contributed by atoms with Gasteiger partial charge in [0.25, 0.3) is 10.0 Å². The van der Waals surface area contributed by atoms with Crippen molar-refractivity contribution in [3.63, 3.8) is 0 Å². The minimum absolute atomic E-state index is 0.00633. The minimum atomic E-state index is -3.81. The van der Waals surface area contributed by atoms with Crippen LogP contribution in [0.15, 0.2) is 74.8 Å². The highest BCUT2D eigenvalue weighted by Crippen LogP contribution is 2.20. The Balaban J connectivity index is 1.75. The van der Waals surface area contributed by atoms with Crippen LogP contribution >= 0.6 is 0 Å². The third-order valence-corrected chi connectivity index (χ3v) is 4.56. The van der Waals surface area contributed by atoms with Crippen molar-refractivity contribution in [3.05, 3.63) is 70.9 Å². The van der Waals surface area contributed by atoms with Crippen molar-refractivity contribution in [1.29, 1.82) is 0 Å². The minimum Gasteiger partial charge on any atom is -0.327 e. The molecule has 0 aliphatic rings. The molecule has 0 bridgehead atoms. The molecule has 132 valence electrons. The zero-order chi connectivity index (χ0) is 18.6. The summed E-state index contributed by atoms with van der Waals surface area (Å²) in [5.74, 6) is 0.00633. The number of pyridine rings is 1. The molecule has 0 radical (unpaired) electrons. The molecule has 0 aliphatic carbocycles. The number of anilines is 1. The first-order chi connectivity index (χ1) is 12.4. The molecular weight excluding hydrogens is 356 g/mol. The molecule has 26 heavy (non-hydrogen) atoms. The van der Waals surface area contributed by atoms with E-state index in [1.165, 1.54) is 48.8 Å². The molecule has 2 N–H and O–H groups in total. The van der Waals surface area contributed by atoms with Crippen LogP contribution in [0.5, 0.6) is 0 Å². The fourth-order valence-electron chi connectivity index (χ4n) is 1.95. The Labute approximate surface area is 148 Å². The number of benzene rings is 1. The Morgan fingerprint density at radius 3 is 2.35 bits per heavy atom. The van der Waals surface area contributed by atoms with Gasteiger partial charge in [0, 0.05) is 24.2 Å². The Morgan fingerprint density at radius 1 is 1.00 bits per heavy atom. The number of nitrogens with zero attached hydrogens (tertiary/aromatic N) is 4. The zero-order valence-electron chi connectivity index (χ0n) is 13.6. The molecule has 0 saturated heterocycles. The molecule has 0 saturated carbocycles. The Kier molecular flexibility index (Phi) is 4.85. The van der Waals surface area contributed by atoms with E-state index < -0.39 is 10.0 Å². The molecule has 9 nitrogen and oxygen atoms in total. The summed E-state index contributed by atoms with van der Waals surface area (Å²) >= 11 is 0. The topological polar surface area (TPSA) is 130 Å². The summed E-state index contributed by atoms with van der Waals surface area (Å²) in [5.41, 5.74) is 1.35. The summed E-state index contributed by atoms with van der Waals surface area (Å²) in [4.78, 5) is 21.4. The quantitative estimate of drug-likeness (QED) is 0.667. The molecular formula is C16H14N6O3S. The maximum atomic E-state index is 12.4. The highest BCUT2D eigenvalue weighted by atomic mass is 32.2. The predicted molar refractivity (Wildman–Crippen MR) is 95.3 cm³/mol. The van der Waals surface area contributed by atoms with Crippen molar-refractivity contribution >= 4 is 27.3 Å². The average molecular weight is 370 g/mol. The maximum absolute atomic E-state index is 12.4. The van der Waals surface area contributed by atoms with Crippen LogP contribution in [0, 0.1) is 6.92 Å². The molecule has 2 aromatic heterocycles. The predicted octanol–water partition coefficient (Wildman–Crippen LogP) is 2.69. The van der Waals surface area contributed by atoms with Crippen LogP contribution < -0.4 is 10.3 Å². The second-order valence-corrected chi connectivity index (χ2v) is 6.91. The lowest BCUT2D eigenvalue weighted by Crippen LogP contribution is -2.15. The molecule has 3 rings (SSSR count). The summed E-state index contributed by atoms with van der Waals surface area (Å²) in [5, 5.41) is 7.94. The lowest BCUT2D eigenvalue weighted by Gasteiger charge is -2.06. The number of aryl methyl sites for hydroxylation is 1. The number of rotatable bonds is 5. The lowest BCUT2D eigenvalue weighted by molar-refractivity contribution is 0.601. The van der Waals surface area contributed by atoms with Crippen LogP contribution in [0.3, 0.4) is 0 Å². The van der Waals surface area contributed by atoms with E-state index in [1.807, 2.05) is 0 Å². The maximum Gasteiger partial charge on any atom is 0.264 e. The summed E-state index contributed by atoms with van der Waals surface area (Å²) < 4.78 is 27.0. The first kappa shape index (κ1) is 17.4. The number of nitrogens with one attached hydrogen (secondary N) is 2. The van der Waals surface area contributed by atoms with Crippen molar-refractivity contribution in [2.45, 2.75) is 11.8 Å². The van der Waals surface area contributed by atoms with Gasteiger partial charge in [0.1, 0.15) is 5.69 Å². The van der Waals surface area contributed by atoms with Crippen LogP contribution in [0.1, 0.15) is 5.69 Å². The highest BCUT2D eigenvalue weighted by Gasteiger charge is 2.15. The molecule has 2 heterocycles. The van der Waals surface area contributed by atoms with Gasteiger partial charge in [-0.25, -0.2) is 23.1 Å². The van der Waals surface area contributed by atoms with Gasteiger partial charge < -0.3 is 4.98 Å². The van der Waals surface area contributed by atoms with Gasteiger partial charge >= 0.3 is 0 Å². The number of azo groups is 1. The van der Waals surface area contributed by atoms with E-state index >= 15 is 0 Å². The van der Waals surface area contributed by atoms with E-state index in [9.17, 15) is 13.2 Å². The largest absolute Gasteiger partial charge is 0.327 e. The second-order valence-electron chi connectivity index (χ2n) is 5.23. The van der Waals surface area contributed by atoms with Crippen molar-refractivity contribution < 1.29 is 8.42 Å². The first-order valence-corrected chi connectivity index (χ1v) is 8.94. The molecule has 3 aromatic rings. The van der Waals surface area contributed by atoms with Crippen LogP contribution in [0.4, 0.5) is 17.3 Å². The van der Waals surface area contributed by atoms with Crippen molar-refractivity contribution in [3.8, 4) is 0 Å². The highest BCUT2D eigenvalue weighted by molar-refractivity contribution is 7.92. The van der Waals surface area contributed by atoms with E-state index in [1.54, 1.807) is 13.0 Å². The van der Waals surface area contributed by atoms with E-state index in [0.29, 0.717) is 17.1 Å². The number of hydrogen-bond acceptors (Lipinski definition) is 7. The van der Waals surface area contributed by atoms with Crippen molar-refractivity contribution in [2.24, 2.45) is 10.2 Å². The van der Waals surface area contributed by atoms with Crippen LogP contribution in [-0.4, -0.2) is 23.4 Å². The standard InChI is InChI=1S/C16H14N6O3S/c1-11-8-9-17-16(19-11)22-26(24,25)14-5-2-12(3-6-14)20-21-13-4-7-15(23)18-10-13/h2-10H,1H3,(H,18,23)(H,17,19,22). The number of H-pyrrole nitrogens is 1. The number of sulfonamides is 1. The van der Waals surface area contributed by atoms with E-state index in [4.69, 9.17) is 0 Å². The second kappa shape index (κ2) is 7.23. The van der Waals surface area contributed by atoms with Gasteiger partial charge in [0.2, 0.25) is 11.5 Å². The molecule has 0 atom stereocenters. The molecule has 0 aliphatic heterocycles. The molecule has 0 fully saturated rings. The van der Waals surface area contributed by atoms with Crippen LogP contribution in [0.25, 0.3) is 0 Å². The van der Waals surface area contributed by atoms with Gasteiger partial charge in [-0.05, 0) is 43.3 Å². The summed E-state index contributed by atoms with van der Waals surface area (Å²) in [6.45, 7) is 1.74. The number of aromatic nitrogens is 3. The number of hydrogen-bond donors (Lipinski definition) is 2. The molecule has 10 heteroatoms. The van der Waals surface area contributed by atoms with Crippen molar-refractivity contribution in [1.82, 2.24) is 15.0 Å². The summed E-state index contributed by atoms with van der Waals surface area (Å²) in [7, 11) is -3.81. The van der Waals surface area contributed by atoms with Crippen molar-refractivity contribution in [2.75, 3.05) is 4.72 Å². The lowest BCUT2D eigenvalue weighted by atomic mass is 10.3. The SMILES string of the molecule is Cc1ccnc(NS(=O)(=O)c2ccc(N=Nc3ccc(=O)[nH]c3)cc2)n1. The van der Waals surface area contributed by atoms with E-state index in [2.05, 4.69) is 29.9 Å². The van der Waals surface area contributed by atoms with Crippen LogP contribution in [0.2, 0.25) is 0 Å². The zero-order valence-corrected chi connectivity index (χ0v) is 14.4. The first-order valence-electron chi connectivity index (χ1n) is 7.45. The fourth-order valence-corrected chi connectivity index (χ4v) is 2.90. The fraction of sp³-hybridized carbons (Fsp3) is 0.0625. The van der Waals surface area contributed by atoms with Gasteiger partial charge in [-0.15, -0.1) is 5.11 Å². The molecule has 0 unspecified atom stereocenters. The van der Waals surface area contributed by atoms with Gasteiger partial charge in [-0.1, -0.05) is 0 Å². The van der Waals surface area contributed by atoms with Gasteiger partial charge in [-0.3, -0.25) is 4.79 Å². The van der Waals surface area contributed by atoms with Gasteiger partial charge in [-0.2, -0.15) is 5.11 Å². The normalized spacial score (nSPS) is 11.6. The van der Waals surface area contributed by atoms with E-state index in [-0.39, 0.29) is 16.4 Å². The third-order valence-electron chi connectivity index (χ3n) is 3.22. The summed E-state index contributed by atoms with van der Waals surface area (Å²) in [6.07, 6.45) is 2.90. The summed E-state index contributed by atoms with van der Waals surface area (Å²) in [6, 6.07) is 10.4. The van der Waals surface area contributed by atoms with E-state index in [0.717, 1.165) is 0 Å². The Hall–Kier alpha value is -3.40. The smallest absolute Gasteiger partial charge is 0.264 e. The van der Waals surface area contributed by atoms with Crippen LogP contribution in [-0.2, 0) is 10.0 Å². The molecule has 0 amide bonds. The third kappa shape index (κ3) is 4.36. The Morgan fingerprint density at radius 2 is 1.69 bits per heavy atom. The van der Waals surface area contributed by atoms with Gasteiger partial charge in [0.05, 0.1) is 10.6 Å². The molecule has 1 aromatic carbocycles. The van der Waals surface area contributed by atoms with Gasteiger partial charge in [0.15, 0.2) is 0 Å². The monoisotopic (exact) mass is 370 g/mol. The Bertz CT molecular complexity index is 1090. The molecule has 0 spiro atoms.